The molecular formula is C12H15N3O3. The van der Waals surface area contributed by atoms with Gasteiger partial charge in [0.05, 0.1) is 30.3 Å². The van der Waals surface area contributed by atoms with Crippen LogP contribution in [0.5, 0.6) is 0 Å². The van der Waals surface area contributed by atoms with Crippen molar-refractivity contribution in [2.75, 3.05) is 26.6 Å². The number of carbonyl (C=O) groups is 1. The van der Waals surface area contributed by atoms with Gasteiger partial charge >= 0.3 is 5.97 Å². The SMILES string of the molecule is COCCn1c(N)nc2cc(C(=O)OC)ccc21. The minimum Gasteiger partial charge on any atom is -0.465 e. The second-order valence-electron chi connectivity index (χ2n) is 3.81. The van der Waals surface area contributed by atoms with Gasteiger partial charge < -0.3 is 19.8 Å². The first kappa shape index (κ1) is 12.4. The maximum absolute atomic E-state index is 11.4. The summed E-state index contributed by atoms with van der Waals surface area (Å²) in [5.41, 5.74) is 7.84. The topological polar surface area (TPSA) is 79.4 Å². The third-order valence-electron chi connectivity index (χ3n) is 2.72. The number of aromatic nitrogens is 2. The van der Waals surface area contributed by atoms with Crippen molar-refractivity contribution in [2.24, 2.45) is 0 Å². The molecule has 2 rings (SSSR count). The highest BCUT2D eigenvalue weighted by Crippen LogP contribution is 2.19. The van der Waals surface area contributed by atoms with E-state index >= 15 is 0 Å². The van der Waals surface area contributed by atoms with E-state index in [0.717, 1.165) is 5.52 Å². The molecule has 0 saturated heterocycles. The summed E-state index contributed by atoms with van der Waals surface area (Å²) in [6.45, 7) is 1.17. The minimum atomic E-state index is -0.387. The normalized spacial score (nSPS) is 10.8. The van der Waals surface area contributed by atoms with E-state index in [4.69, 9.17) is 10.5 Å². The van der Waals surface area contributed by atoms with Crippen LogP contribution in [0.2, 0.25) is 0 Å². The Morgan fingerprint density at radius 3 is 2.89 bits per heavy atom. The van der Waals surface area contributed by atoms with Gasteiger partial charge in [0, 0.05) is 13.7 Å². The van der Waals surface area contributed by atoms with Gasteiger partial charge in [0.25, 0.3) is 0 Å². The second kappa shape index (κ2) is 5.05. The number of fused-ring (bicyclic) bond motifs is 1. The number of nitrogens with two attached hydrogens (primary N) is 1. The molecular weight excluding hydrogens is 234 g/mol. The number of anilines is 1. The van der Waals surface area contributed by atoms with E-state index in [-0.39, 0.29) is 5.97 Å². The third kappa shape index (κ3) is 2.14. The van der Waals surface area contributed by atoms with Gasteiger partial charge in [-0.1, -0.05) is 0 Å². The van der Waals surface area contributed by atoms with Gasteiger partial charge in [0.15, 0.2) is 0 Å². The molecule has 2 N–H and O–H groups in total. The van der Waals surface area contributed by atoms with E-state index < -0.39 is 0 Å². The number of nitrogen functional groups attached to an aromatic ring is 1. The van der Waals surface area contributed by atoms with Crippen molar-refractivity contribution in [3.05, 3.63) is 23.8 Å². The molecule has 0 unspecified atom stereocenters. The van der Waals surface area contributed by atoms with Gasteiger partial charge in [-0.15, -0.1) is 0 Å². The van der Waals surface area contributed by atoms with Crippen LogP contribution in [-0.4, -0.2) is 36.3 Å². The van der Waals surface area contributed by atoms with E-state index in [9.17, 15) is 4.79 Å². The Morgan fingerprint density at radius 1 is 1.44 bits per heavy atom. The lowest BCUT2D eigenvalue weighted by molar-refractivity contribution is 0.0601. The van der Waals surface area contributed by atoms with Crippen LogP contribution in [0, 0.1) is 0 Å². The molecule has 0 amide bonds. The van der Waals surface area contributed by atoms with Crippen LogP contribution in [0.4, 0.5) is 5.95 Å². The van der Waals surface area contributed by atoms with Crippen LogP contribution in [0.15, 0.2) is 18.2 Å². The molecule has 0 radical (unpaired) electrons. The number of rotatable bonds is 4. The summed E-state index contributed by atoms with van der Waals surface area (Å²) in [6, 6.07) is 5.17. The summed E-state index contributed by atoms with van der Waals surface area (Å²) in [5, 5.41) is 0. The molecule has 96 valence electrons. The van der Waals surface area contributed by atoms with E-state index in [0.29, 0.717) is 30.2 Å². The number of benzene rings is 1. The average molecular weight is 249 g/mol. The van der Waals surface area contributed by atoms with E-state index in [1.165, 1.54) is 7.11 Å². The van der Waals surface area contributed by atoms with Crippen molar-refractivity contribution >= 4 is 23.0 Å². The van der Waals surface area contributed by atoms with Crippen LogP contribution in [0.1, 0.15) is 10.4 Å². The van der Waals surface area contributed by atoms with Crippen molar-refractivity contribution < 1.29 is 14.3 Å². The lowest BCUT2D eigenvalue weighted by Crippen LogP contribution is -2.07. The standard InChI is InChI=1S/C12H15N3O3/c1-17-6-5-15-10-4-3-8(11(16)18-2)7-9(10)14-12(15)13/h3-4,7H,5-6H2,1-2H3,(H2,13,14). The summed E-state index contributed by atoms with van der Waals surface area (Å²) >= 11 is 0. The molecule has 0 aliphatic rings. The largest absolute Gasteiger partial charge is 0.465 e. The predicted octanol–water partition coefficient (Wildman–Crippen LogP) is 1.05. The molecule has 1 aromatic heterocycles. The molecule has 0 aliphatic carbocycles. The second-order valence-corrected chi connectivity index (χ2v) is 3.81. The molecule has 1 heterocycles. The molecule has 0 spiro atoms. The first-order chi connectivity index (χ1) is 8.67. The maximum Gasteiger partial charge on any atom is 0.337 e. The minimum absolute atomic E-state index is 0.387. The van der Waals surface area contributed by atoms with Crippen molar-refractivity contribution in [3.63, 3.8) is 0 Å². The molecule has 6 heteroatoms. The third-order valence-corrected chi connectivity index (χ3v) is 2.72. The van der Waals surface area contributed by atoms with Gasteiger partial charge in [0.1, 0.15) is 0 Å². The van der Waals surface area contributed by atoms with Gasteiger partial charge in [-0.3, -0.25) is 0 Å². The molecule has 0 bridgehead atoms. The number of esters is 1. The van der Waals surface area contributed by atoms with Crippen molar-refractivity contribution in [1.29, 1.82) is 0 Å². The first-order valence-electron chi connectivity index (χ1n) is 5.50. The van der Waals surface area contributed by atoms with Crippen LogP contribution < -0.4 is 5.73 Å². The zero-order valence-electron chi connectivity index (χ0n) is 10.3. The highest BCUT2D eigenvalue weighted by Gasteiger charge is 2.11. The average Bonchev–Trinajstić information content (AvgIpc) is 2.70. The Balaban J connectivity index is 2.44. The van der Waals surface area contributed by atoms with Crippen LogP contribution in [-0.2, 0) is 16.0 Å². The number of methoxy groups -OCH3 is 2. The summed E-state index contributed by atoms with van der Waals surface area (Å²) in [7, 11) is 2.97. The van der Waals surface area contributed by atoms with Gasteiger partial charge in [-0.2, -0.15) is 0 Å². The Labute approximate surface area is 104 Å². The molecule has 18 heavy (non-hydrogen) atoms. The van der Waals surface area contributed by atoms with Crippen molar-refractivity contribution in [1.82, 2.24) is 9.55 Å². The van der Waals surface area contributed by atoms with Gasteiger partial charge in [-0.05, 0) is 18.2 Å². The molecule has 0 saturated carbocycles. The summed E-state index contributed by atoms with van der Waals surface area (Å²) < 4.78 is 11.5. The zero-order valence-corrected chi connectivity index (χ0v) is 10.3. The predicted molar refractivity (Wildman–Crippen MR) is 67.4 cm³/mol. The number of imidazole rings is 1. The maximum atomic E-state index is 11.4. The fourth-order valence-electron chi connectivity index (χ4n) is 1.81. The molecule has 6 nitrogen and oxygen atoms in total. The van der Waals surface area contributed by atoms with Crippen LogP contribution >= 0.6 is 0 Å². The first-order valence-corrected chi connectivity index (χ1v) is 5.50. The monoisotopic (exact) mass is 249 g/mol. The van der Waals surface area contributed by atoms with E-state index in [1.54, 1.807) is 25.3 Å². The smallest absolute Gasteiger partial charge is 0.337 e. The molecule has 0 fully saturated rings. The Morgan fingerprint density at radius 2 is 2.22 bits per heavy atom. The van der Waals surface area contributed by atoms with E-state index in [1.807, 2.05) is 4.57 Å². The summed E-state index contributed by atoms with van der Waals surface area (Å²) in [4.78, 5) is 15.6. The lowest BCUT2D eigenvalue weighted by Gasteiger charge is -2.05. The lowest BCUT2D eigenvalue weighted by atomic mass is 10.2. The molecule has 0 atom stereocenters. The molecule has 0 aliphatic heterocycles. The number of hydrogen-bond acceptors (Lipinski definition) is 5. The quantitative estimate of drug-likeness (QED) is 0.819. The van der Waals surface area contributed by atoms with Gasteiger partial charge in [-0.25, -0.2) is 9.78 Å². The molecule has 2 aromatic rings. The Hall–Kier alpha value is -2.08. The number of hydrogen-bond donors (Lipinski definition) is 1. The fourth-order valence-corrected chi connectivity index (χ4v) is 1.81. The number of carbonyl (C=O) groups excluding carboxylic acids is 1. The Kier molecular flexibility index (Phi) is 3.47. The summed E-state index contributed by atoms with van der Waals surface area (Å²) in [6.07, 6.45) is 0. The van der Waals surface area contributed by atoms with Crippen LogP contribution in [0.3, 0.4) is 0 Å². The summed E-state index contributed by atoms with van der Waals surface area (Å²) in [5.74, 6) is 0.0194. The van der Waals surface area contributed by atoms with Crippen LogP contribution in [0.25, 0.3) is 11.0 Å². The van der Waals surface area contributed by atoms with E-state index in [2.05, 4.69) is 9.72 Å². The van der Waals surface area contributed by atoms with Gasteiger partial charge in [0.2, 0.25) is 5.95 Å². The Bertz CT molecular complexity index is 577. The highest BCUT2D eigenvalue weighted by atomic mass is 16.5. The number of nitrogens with zero attached hydrogens (tertiary/aromatic N) is 2. The number of ether oxygens (including phenoxy) is 2. The molecule has 1 aromatic carbocycles. The highest BCUT2D eigenvalue weighted by molar-refractivity contribution is 5.94. The zero-order chi connectivity index (χ0) is 13.1. The fraction of sp³-hybridized carbons (Fsp3) is 0.333. The van der Waals surface area contributed by atoms with Crippen molar-refractivity contribution in [3.8, 4) is 0 Å². The van der Waals surface area contributed by atoms with Crippen molar-refractivity contribution in [2.45, 2.75) is 6.54 Å².